The van der Waals surface area contributed by atoms with Crippen LogP contribution < -0.4 is 5.32 Å². The number of aromatic nitrogens is 1. The molecule has 2 aromatic rings. The van der Waals surface area contributed by atoms with Crippen LogP contribution in [-0.2, 0) is 10.2 Å². The Balaban J connectivity index is 2.07. The molecule has 0 atom stereocenters. The molecule has 140 valence electrons. The van der Waals surface area contributed by atoms with Crippen molar-refractivity contribution in [2.45, 2.75) is 46.5 Å². The molecule has 1 aromatic carbocycles. The molecule has 0 radical (unpaired) electrons. The Morgan fingerprint density at radius 3 is 2.35 bits per heavy atom. The summed E-state index contributed by atoms with van der Waals surface area (Å²) in [6.07, 6.45) is 2.50. The first-order valence-corrected chi connectivity index (χ1v) is 9.64. The minimum atomic E-state index is -0.229. The molecule has 1 aromatic heterocycles. The summed E-state index contributed by atoms with van der Waals surface area (Å²) < 4.78 is 0. The predicted octanol–water partition coefficient (Wildman–Crippen LogP) is 4.24. The Kier molecular flexibility index (Phi) is 6.53. The smallest absolute Gasteiger partial charge is 0.254 e. The SMILES string of the molecule is CCCN(CC(=O)Nc1ncc(C)s1)C(=O)c1ccc(C(C)(C)C)cc1. The molecule has 0 saturated heterocycles. The number of carbonyl (C=O) groups excluding carboxylic acids is 2. The van der Waals surface area contributed by atoms with Crippen molar-refractivity contribution in [2.75, 3.05) is 18.4 Å². The highest BCUT2D eigenvalue weighted by Gasteiger charge is 2.20. The van der Waals surface area contributed by atoms with Crippen molar-refractivity contribution in [1.29, 1.82) is 0 Å². The number of anilines is 1. The number of thiazole rings is 1. The fourth-order valence-corrected chi connectivity index (χ4v) is 3.24. The quantitative estimate of drug-likeness (QED) is 0.824. The molecule has 0 aliphatic carbocycles. The van der Waals surface area contributed by atoms with E-state index < -0.39 is 0 Å². The fraction of sp³-hybridized carbons (Fsp3) is 0.450. The molecule has 2 amide bonds. The molecule has 1 N–H and O–H groups in total. The Bertz CT molecular complexity index is 760. The number of benzene rings is 1. The lowest BCUT2D eigenvalue weighted by molar-refractivity contribution is -0.116. The van der Waals surface area contributed by atoms with Crippen LogP contribution in [0.3, 0.4) is 0 Å². The van der Waals surface area contributed by atoms with Gasteiger partial charge in [-0.2, -0.15) is 0 Å². The van der Waals surface area contributed by atoms with E-state index in [9.17, 15) is 9.59 Å². The lowest BCUT2D eigenvalue weighted by atomic mass is 9.86. The van der Waals surface area contributed by atoms with Crippen molar-refractivity contribution < 1.29 is 9.59 Å². The summed E-state index contributed by atoms with van der Waals surface area (Å²) in [6, 6.07) is 7.65. The van der Waals surface area contributed by atoms with Gasteiger partial charge in [-0.25, -0.2) is 4.98 Å². The van der Waals surface area contributed by atoms with Crippen LogP contribution in [0.1, 0.15) is 54.9 Å². The monoisotopic (exact) mass is 373 g/mol. The average Bonchev–Trinajstić information content (AvgIpc) is 2.98. The summed E-state index contributed by atoms with van der Waals surface area (Å²) >= 11 is 1.42. The van der Waals surface area contributed by atoms with Crippen molar-refractivity contribution in [1.82, 2.24) is 9.88 Å². The van der Waals surface area contributed by atoms with Crippen LogP contribution in [0.15, 0.2) is 30.5 Å². The van der Waals surface area contributed by atoms with Gasteiger partial charge in [-0.1, -0.05) is 39.8 Å². The normalized spacial score (nSPS) is 11.3. The highest BCUT2D eigenvalue weighted by Crippen LogP contribution is 2.22. The van der Waals surface area contributed by atoms with Gasteiger partial charge in [-0.15, -0.1) is 11.3 Å². The number of hydrogen-bond acceptors (Lipinski definition) is 4. The van der Waals surface area contributed by atoms with Crippen LogP contribution >= 0.6 is 11.3 Å². The lowest BCUT2D eigenvalue weighted by Gasteiger charge is -2.23. The molecular formula is C20H27N3O2S. The van der Waals surface area contributed by atoms with Gasteiger partial charge in [0.15, 0.2) is 5.13 Å². The maximum atomic E-state index is 12.8. The van der Waals surface area contributed by atoms with E-state index in [2.05, 4.69) is 31.1 Å². The summed E-state index contributed by atoms with van der Waals surface area (Å²) in [4.78, 5) is 31.9. The Hall–Kier alpha value is -2.21. The van der Waals surface area contributed by atoms with E-state index in [4.69, 9.17) is 0 Å². The summed E-state index contributed by atoms with van der Waals surface area (Å²) in [5.41, 5.74) is 1.81. The number of hydrogen-bond donors (Lipinski definition) is 1. The van der Waals surface area contributed by atoms with Gasteiger partial charge in [-0.05, 0) is 36.5 Å². The zero-order valence-electron chi connectivity index (χ0n) is 16.1. The molecule has 0 aliphatic heterocycles. The molecule has 0 unspecified atom stereocenters. The van der Waals surface area contributed by atoms with E-state index in [-0.39, 0.29) is 23.8 Å². The van der Waals surface area contributed by atoms with Crippen LogP contribution in [0, 0.1) is 6.92 Å². The van der Waals surface area contributed by atoms with Gasteiger partial charge in [0.25, 0.3) is 5.91 Å². The summed E-state index contributed by atoms with van der Waals surface area (Å²) in [7, 11) is 0. The summed E-state index contributed by atoms with van der Waals surface area (Å²) in [5.74, 6) is -0.356. The molecule has 1 heterocycles. The van der Waals surface area contributed by atoms with Crippen molar-refractivity contribution in [3.8, 4) is 0 Å². The van der Waals surface area contributed by atoms with Crippen molar-refractivity contribution in [3.63, 3.8) is 0 Å². The molecule has 0 spiro atoms. The summed E-state index contributed by atoms with van der Waals surface area (Å²) in [6.45, 7) is 10.9. The minimum Gasteiger partial charge on any atom is -0.329 e. The second-order valence-electron chi connectivity index (χ2n) is 7.38. The van der Waals surface area contributed by atoms with Gasteiger partial charge in [0.1, 0.15) is 6.54 Å². The Morgan fingerprint density at radius 1 is 1.19 bits per heavy atom. The largest absolute Gasteiger partial charge is 0.329 e. The topological polar surface area (TPSA) is 62.3 Å². The van der Waals surface area contributed by atoms with Gasteiger partial charge in [0.05, 0.1) is 0 Å². The molecule has 2 rings (SSSR count). The van der Waals surface area contributed by atoms with Gasteiger partial charge in [0.2, 0.25) is 5.91 Å². The highest BCUT2D eigenvalue weighted by molar-refractivity contribution is 7.15. The number of rotatable bonds is 6. The van der Waals surface area contributed by atoms with Crippen molar-refractivity contribution >= 4 is 28.3 Å². The van der Waals surface area contributed by atoms with Crippen LogP contribution in [0.2, 0.25) is 0 Å². The maximum Gasteiger partial charge on any atom is 0.254 e. The third-order valence-corrected chi connectivity index (χ3v) is 4.81. The Morgan fingerprint density at radius 2 is 1.85 bits per heavy atom. The number of amides is 2. The van der Waals surface area contributed by atoms with Crippen molar-refractivity contribution in [3.05, 3.63) is 46.5 Å². The van der Waals surface area contributed by atoms with Crippen LogP contribution in [0.25, 0.3) is 0 Å². The number of carbonyl (C=O) groups is 2. The van der Waals surface area contributed by atoms with E-state index in [0.29, 0.717) is 17.2 Å². The second kappa shape index (κ2) is 8.45. The first kappa shape index (κ1) is 20.1. The number of aryl methyl sites for hydroxylation is 1. The number of nitrogens with zero attached hydrogens (tertiary/aromatic N) is 2. The van der Waals surface area contributed by atoms with Gasteiger partial charge in [0, 0.05) is 23.2 Å². The van der Waals surface area contributed by atoms with Crippen LogP contribution in [0.5, 0.6) is 0 Å². The summed E-state index contributed by atoms with van der Waals surface area (Å²) in [5, 5.41) is 3.32. The third kappa shape index (κ3) is 5.39. The molecule has 6 heteroatoms. The van der Waals surface area contributed by atoms with E-state index in [1.807, 2.05) is 38.1 Å². The molecule has 0 fully saturated rings. The lowest BCUT2D eigenvalue weighted by Crippen LogP contribution is -2.38. The molecule has 0 bridgehead atoms. The minimum absolute atomic E-state index is 0.0202. The van der Waals surface area contributed by atoms with Crippen molar-refractivity contribution in [2.24, 2.45) is 0 Å². The maximum absolute atomic E-state index is 12.8. The van der Waals surface area contributed by atoms with Gasteiger partial charge in [-0.3, -0.25) is 9.59 Å². The molecule has 5 nitrogen and oxygen atoms in total. The average molecular weight is 374 g/mol. The Labute approximate surface area is 159 Å². The molecular weight excluding hydrogens is 346 g/mol. The molecule has 26 heavy (non-hydrogen) atoms. The van der Waals surface area contributed by atoms with E-state index in [1.165, 1.54) is 16.9 Å². The zero-order chi connectivity index (χ0) is 19.3. The fourth-order valence-electron chi connectivity index (χ4n) is 2.56. The van der Waals surface area contributed by atoms with Gasteiger partial charge < -0.3 is 10.2 Å². The predicted molar refractivity (Wildman–Crippen MR) is 107 cm³/mol. The third-order valence-electron chi connectivity index (χ3n) is 3.98. The molecule has 0 aliphatic rings. The van der Waals surface area contributed by atoms with E-state index >= 15 is 0 Å². The standard InChI is InChI=1S/C20H27N3O2S/c1-6-11-23(13-17(24)22-19-21-12-14(2)26-19)18(25)15-7-9-16(10-8-15)20(3,4)5/h7-10,12H,6,11,13H2,1-5H3,(H,21,22,24). The van der Waals surface area contributed by atoms with Crippen LogP contribution in [0.4, 0.5) is 5.13 Å². The number of nitrogens with one attached hydrogen (secondary N) is 1. The highest BCUT2D eigenvalue weighted by atomic mass is 32.1. The van der Waals surface area contributed by atoms with E-state index in [1.54, 1.807) is 11.1 Å². The van der Waals surface area contributed by atoms with Crippen LogP contribution in [-0.4, -0.2) is 34.8 Å². The van der Waals surface area contributed by atoms with Gasteiger partial charge >= 0.3 is 0 Å². The first-order chi connectivity index (χ1) is 12.2. The first-order valence-electron chi connectivity index (χ1n) is 8.83. The second-order valence-corrected chi connectivity index (χ2v) is 8.61. The zero-order valence-corrected chi connectivity index (χ0v) is 16.9. The molecule has 0 saturated carbocycles. The van der Waals surface area contributed by atoms with E-state index in [0.717, 1.165) is 11.3 Å².